The van der Waals surface area contributed by atoms with E-state index in [-0.39, 0.29) is 5.69 Å². The minimum atomic E-state index is -1.12. The number of carbonyl (C=O) groups excluding carboxylic acids is 1. The molecule has 1 amide bonds. The number of carboxylic acids is 1. The Labute approximate surface area is 121 Å². The van der Waals surface area contributed by atoms with Gasteiger partial charge in [0.25, 0.3) is 0 Å². The monoisotopic (exact) mass is 292 g/mol. The van der Waals surface area contributed by atoms with Crippen LogP contribution in [0.2, 0.25) is 0 Å². The molecule has 0 radical (unpaired) electrons. The highest BCUT2D eigenvalue weighted by molar-refractivity contribution is 5.89. The molecule has 1 saturated heterocycles. The normalized spacial score (nSPS) is 18.9. The van der Waals surface area contributed by atoms with Crippen molar-refractivity contribution in [2.75, 3.05) is 11.4 Å². The molecule has 21 heavy (non-hydrogen) atoms. The van der Waals surface area contributed by atoms with Gasteiger partial charge in [-0.2, -0.15) is 0 Å². The minimum absolute atomic E-state index is 0.235. The van der Waals surface area contributed by atoms with Crippen molar-refractivity contribution in [3.8, 4) is 0 Å². The summed E-state index contributed by atoms with van der Waals surface area (Å²) in [5, 5.41) is 8.72. The average molecular weight is 292 g/mol. The van der Waals surface area contributed by atoms with E-state index in [4.69, 9.17) is 10.8 Å². The van der Waals surface area contributed by atoms with E-state index in [1.54, 1.807) is 11.0 Å². The lowest BCUT2D eigenvalue weighted by molar-refractivity contribution is -0.131. The van der Waals surface area contributed by atoms with Crippen molar-refractivity contribution >= 4 is 23.6 Å². The largest absolute Gasteiger partial charge is 0.478 e. The van der Waals surface area contributed by atoms with E-state index in [1.165, 1.54) is 18.2 Å². The molecule has 3 N–H and O–H groups in total. The molecule has 5 nitrogen and oxygen atoms in total. The van der Waals surface area contributed by atoms with Crippen molar-refractivity contribution in [3.05, 3.63) is 35.7 Å². The molecule has 1 unspecified atom stereocenters. The maximum atomic E-state index is 14.2. The lowest BCUT2D eigenvalue weighted by atomic mass is 9.99. The minimum Gasteiger partial charge on any atom is -0.478 e. The van der Waals surface area contributed by atoms with Gasteiger partial charge in [0.2, 0.25) is 5.91 Å². The van der Waals surface area contributed by atoms with Gasteiger partial charge >= 0.3 is 5.97 Å². The van der Waals surface area contributed by atoms with Gasteiger partial charge in [-0.15, -0.1) is 0 Å². The summed E-state index contributed by atoms with van der Waals surface area (Å²) in [7, 11) is 0. The number of piperidine rings is 1. The van der Waals surface area contributed by atoms with Crippen molar-refractivity contribution in [1.29, 1.82) is 0 Å². The molecular formula is C15H17FN2O3. The van der Waals surface area contributed by atoms with Crippen molar-refractivity contribution in [3.63, 3.8) is 0 Å². The number of hydrogen-bond acceptors (Lipinski definition) is 3. The summed E-state index contributed by atoms with van der Waals surface area (Å²) in [6, 6.07) is 3.85. The zero-order valence-corrected chi connectivity index (χ0v) is 11.5. The molecule has 112 valence electrons. The predicted molar refractivity (Wildman–Crippen MR) is 77.2 cm³/mol. The van der Waals surface area contributed by atoms with Crippen LogP contribution in [0.25, 0.3) is 6.08 Å². The third kappa shape index (κ3) is 3.39. The van der Waals surface area contributed by atoms with Crippen LogP contribution < -0.4 is 10.6 Å². The molecule has 1 aliphatic rings. The van der Waals surface area contributed by atoms with Crippen LogP contribution in [0, 0.1) is 5.82 Å². The molecule has 0 aromatic heterocycles. The maximum Gasteiger partial charge on any atom is 0.328 e. The Bertz CT molecular complexity index is 586. The van der Waals surface area contributed by atoms with Crippen LogP contribution in [-0.2, 0) is 9.59 Å². The number of benzene rings is 1. The molecule has 0 bridgehead atoms. The Morgan fingerprint density at radius 3 is 2.81 bits per heavy atom. The fourth-order valence-electron chi connectivity index (χ4n) is 2.63. The molecule has 0 aliphatic carbocycles. The van der Waals surface area contributed by atoms with E-state index >= 15 is 0 Å². The van der Waals surface area contributed by atoms with Gasteiger partial charge in [-0.1, -0.05) is 12.1 Å². The van der Waals surface area contributed by atoms with Crippen LogP contribution in [0.15, 0.2) is 24.3 Å². The van der Waals surface area contributed by atoms with Gasteiger partial charge in [0.15, 0.2) is 0 Å². The second kappa shape index (κ2) is 6.39. The van der Waals surface area contributed by atoms with Crippen LogP contribution in [0.5, 0.6) is 0 Å². The number of amides is 1. The van der Waals surface area contributed by atoms with E-state index < -0.39 is 23.7 Å². The van der Waals surface area contributed by atoms with Crippen LogP contribution in [0.4, 0.5) is 10.1 Å². The Morgan fingerprint density at radius 2 is 2.14 bits per heavy atom. The number of hydrogen-bond donors (Lipinski definition) is 2. The number of primary amides is 1. The van der Waals surface area contributed by atoms with E-state index in [9.17, 15) is 14.0 Å². The number of aliphatic carboxylic acids is 1. The Morgan fingerprint density at radius 1 is 1.38 bits per heavy atom. The van der Waals surface area contributed by atoms with E-state index in [2.05, 4.69) is 0 Å². The molecule has 1 fully saturated rings. The van der Waals surface area contributed by atoms with E-state index in [0.717, 1.165) is 18.9 Å². The summed E-state index contributed by atoms with van der Waals surface area (Å²) in [4.78, 5) is 23.9. The van der Waals surface area contributed by atoms with Crippen molar-refractivity contribution in [1.82, 2.24) is 0 Å². The first-order valence-electron chi connectivity index (χ1n) is 6.76. The summed E-state index contributed by atoms with van der Waals surface area (Å²) < 4.78 is 14.2. The zero-order chi connectivity index (χ0) is 15.4. The topological polar surface area (TPSA) is 83.6 Å². The van der Waals surface area contributed by atoms with E-state index in [0.29, 0.717) is 18.5 Å². The first kappa shape index (κ1) is 15.0. The molecule has 1 heterocycles. The second-order valence-electron chi connectivity index (χ2n) is 4.96. The SMILES string of the molecule is NC(=O)C1CCCCN1c1c(F)cccc1/C=C/C(=O)O. The highest BCUT2D eigenvalue weighted by Gasteiger charge is 2.29. The first-order valence-corrected chi connectivity index (χ1v) is 6.76. The third-order valence-electron chi connectivity index (χ3n) is 3.54. The number of rotatable bonds is 4. The number of nitrogens with zero attached hydrogens (tertiary/aromatic N) is 1. The summed E-state index contributed by atoms with van der Waals surface area (Å²) in [6.45, 7) is 0.516. The van der Waals surface area contributed by atoms with Gasteiger partial charge in [0.05, 0.1) is 5.69 Å². The quantitative estimate of drug-likeness (QED) is 0.828. The molecule has 1 aliphatic heterocycles. The third-order valence-corrected chi connectivity index (χ3v) is 3.54. The Kier molecular flexibility index (Phi) is 4.57. The van der Waals surface area contributed by atoms with Gasteiger partial charge < -0.3 is 15.7 Å². The van der Waals surface area contributed by atoms with Crippen molar-refractivity contribution in [2.45, 2.75) is 25.3 Å². The molecule has 1 aromatic carbocycles. The fraction of sp³-hybridized carbons (Fsp3) is 0.333. The summed E-state index contributed by atoms with van der Waals surface area (Å²) in [6.07, 6.45) is 4.54. The van der Waals surface area contributed by atoms with Crippen molar-refractivity contribution in [2.24, 2.45) is 5.73 Å². The summed E-state index contributed by atoms with van der Waals surface area (Å²) in [5.74, 6) is -2.10. The van der Waals surface area contributed by atoms with Gasteiger partial charge in [-0.3, -0.25) is 4.79 Å². The number of para-hydroxylation sites is 1. The van der Waals surface area contributed by atoms with Gasteiger partial charge in [0.1, 0.15) is 11.9 Å². The molecule has 0 saturated carbocycles. The smallest absolute Gasteiger partial charge is 0.328 e. The van der Waals surface area contributed by atoms with E-state index in [1.807, 2.05) is 0 Å². The standard InChI is InChI=1S/C15H17FN2O3/c16-11-5-3-4-10(7-8-13(19)20)14(11)18-9-2-1-6-12(18)15(17)21/h3-5,7-8,12H,1-2,6,9H2,(H2,17,21)(H,19,20)/b8-7+. The number of carbonyl (C=O) groups is 2. The highest BCUT2D eigenvalue weighted by atomic mass is 19.1. The van der Waals surface area contributed by atoms with Crippen LogP contribution >= 0.6 is 0 Å². The Hall–Kier alpha value is -2.37. The second-order valence-corrected chi connectivity index (χ2v) is 4.96. The molecule has 2 rings (SSSR count). The number of carboxylic acid groups (broad SMARTS) is 1. The number of halogens is 1. The molecule has 0 spiro atoms. The fourth-order valence-corrected chi connectivity index (χ4v) is 2.63. The molecular weight excluding hydrogens is 275 g/mol. The highest BCUT2D eigenvalue weighted by Crippen LogP contribution is 2.31. The van der Waals surface area contributed by atoms with Gasteiger partial charge in [0, 0.05) is 18.2 Å². The summed E-state index contributed by atoms with van der Waals surface area (Å²) in [5.41, 5.74) is 6.06. The average Bonchev–Trinajstić information content (AvgIpc) is 2.45. The van der Waals surface area contributed by atoms with Crippen LogP contribution in [-0.4, -0.2) is 29.6 Å². The Balaban J connectivity index is 2.45. The van der Waals surface area contributed by atoms with Gasteiger partial charge in [-0.25, -0.2) is 9.18 Å². The predicted octanol–water partition coefficient (Wildman–Crippen LogP) is 1.77. The maximum absolute atomic E-state index is 14.2. The molecule has 1 atom stereocenters. The first-order chi connectivity index (χ1) is 10.0. The molecule has 6 heteroatoms. The molecule has 1 aromatic rings. The van der Waals surface area contributed by atoms with Crippen LogP contribution in [0.1, 0.15) is 24.8 Å². The number of nitrogens with two attached hydrogens (primary N) is 1. The van der Waals surface area contributed by atoms with Gasteiger partial charge in [-0.05, 0) is 31.4 Å². The van der Waals surface area contributed by atoms with Crippen LogP contribution in [0.3, 0.4) is 0 Å². The summed E-state index contributed by atoms with van der Waals surface area (Å²) >= 11 is 0. The number of anilines is 1. The van der Waals surface area contributed by atoms with Crippen molar-refractivity contribution < 1.29 is 19.1 Å². The lowest BCUT2D eigenvalue weighted by Crippen LogP contribution is -2.48. The zero-order valence-electron chi connectivity index (χ0n) is 11.5. The lowest BCUT2D eigenvalue weighted by Gasteiger charge is -2.36.